The zero-order valence-electron chi connectivity index (χ0n) is 7.49. The Balaban J connectivity index is 2.48. The highest BCUT2D eigenvalue weighted by atomic mass is 14.6. The van der Waals surface area contributed by atoms with Crippen molar-refractivity contribution in [1.29, 1.82) is 0 Å². The van der Waals surface area contributed by atoms with Crippen molar-refractivity contribution < 1.29 is 0 Å². The summed E-state index contributed by atoms with van der Waals surface area (Å²) in [5.41, 5.74) is 3.33. The van der Waals surface area contributed by atoms with Gasteiger partial charge in [-0.1, -0.05) is 24.3 Å². The van der Waals surface area contributed by atoms with Crippen molar-refractivity contribution in [3.05, 3.63) is 54.4 Å². The van der Waals surface area contributed by atoms with E-state index < -0.39 is 0 Å². The molecule has 0 unspecified atom stereocenters. The molecule has 0 bridgehead atoms. The van der Waals surface area contributed by atoms with Crippen molar-refractivity contribution >= 4 is 0 Å². The van der Waals surface area contributed by atoms with Crippen LogP contribution in [0.4, 0.5) is 0 Å². The smallest absolute Gasteiger partial charge is 0.0378 e. The molecule has 2 aromatic rings. The molecule has 1 aromatic carbocycles. The van der Waals surface area contributed by atoms with Crippen LogP contribution in [-0.2, 0) is 0 Å². The van der Waals surface area contributed by atoms with Gasteiger partial charge in [-0.2, -0.15) is 0 Å². The topological polar surface area (TPSA) is 12.9 Å². The molecule has 63 valence electrons. The van der Waals surface area contributed by atoms with Crippen LogP contribution in [0.5, 0.6) is 0 Å². The van der Waals surface area contributed by atoms with Crippen LogP contribution in [-0.4, -0.2) is 4.98 Å². The lowest BCUT2D eigenvalue weighted by Gasteiger charge is -2.00. The summed E-state index contributed by atoms with van der Waals surface area (Å²) in [7, 11) is 0. The van der Waals surface area contributed by atoms with Gasteiger partial charge in [-0.05, 0) is 36.2 Å². The minimum Gasteiger partial charge on any atom is -0.262 e. The van der Waals surface area contributed by atoms with E-state index in [1.165, 1.54) is 5.56 Å². The van der Waals surface area contributed by atoms with Crippen LogP contribution in [0.2, 0.25) is 0 Å². The second-order valence-corrected chi connectivity index (χ2v) is 2.96. The van der Waals surface area contributed by atoms with Gasteiger partial charge in [0, 0.05) is 11.9 Å². The molecule has 1 aromatic heterocycles. The lowest BCUT2D eigenvalue weighted by atomic mass is 10.1. The lowest BCUT2D eigenvalue weighted by molar-refractivity contribution is 1.20. The normalized spacial score (nSPS) is 9.92. The van der Waals surface area contributed by atoms with Gasteiger partial charge in [-0.3, -0.25) is 4.98 Å². The maximum absolute atomic E-state index is 4.15. The largest absolute Gasteiger partial charge is 0.262 e. The molecule has 13 heavy (non-hydrogen) atoms. The molecule has 0 amide bonds. The number of benzene rings is 1. The standard InChI is InChI=1S/C12H10N/c1-10-9-12(7-8-13-10)11-5-3-2-4-6-11/h2-5,7-9H,1H3. The van der Waals surface area contributed by atoms with Gasteiger partial charge in [0.2, 0.25) is 0 Å². The van der Waals surface area contributed by atoms with Gasteiger partial charge in [0.1, 0.15) is 0 Å². The Morgan fingerprint density at radius 3 is 2.85 bits per heavy atom. The van der Waals surface area contributed by atoms with Crippen LogP contribution in [0.25, 0.3) is 11.1 Å². The van der Waals surface area contributed by atoms with E-state index in [0.29, 0.717) is 0 Å². The minimum absolute atomic E-state index is 1.04. The van der Waals surface area contributed by atoms with E-state index in [0.717, 1.165) is 11.3 Å². The van der Waals surface area contributed by atoms with Crippen molar-refractivity contribution in [3.63, 3.8) is 0 Å². The van der Waals surface area contributed by atoms with Gasteiger partial charge in [-0.25, -0.2) is 0 Å². The first-order valence-electron chi connectivity index (χ1n) is 4.26. The molecule has 0 N–H and O–H groups in total. The fraction of sp³-hybridized carbons (Fsp3) is 0.0833. The molecule has 0 aliphatic rings. The molecule has 0 saturated carbocycles. The molecule has 1 heteroatoms. The zero-order chi connectivity index (χ0) is 9.10. The number of hydrogen-bond acceptors (Lipinski definition) is 1. The van der Waals surface area contributed by atoms with Gasteiger partial charge < -0.3 is 0 Å². The Labute approximate surface area is 78.1 Å². The zero-order valence-corrected chi connectivity index (χ0v) is 7.49. The van der Waals surface area contributed by atoms with E-state index in [1.54, 1.807) is 0 Å². The highest BCUT2D eigenvalue weighted by molar-refractivity contribution is 5.62. The monoisotopic (exact) mass is 168 g/mol. The second-order valence-electron chi connectivity index (χ2n) is 2.96. The summed E-state index contributed by atoms with van der Waals surface area (Å²) < 4.78 is 0. The third-order valence-electron chi connectivity index (χ3n) is 1.92. The van der Waals surface area contributed by atoms with Gasteiger partial charge in [-0.15, -0.1) is 0 Å². The van der Waals surface area contributed by atoms with Crippen LogP contribution in [0.15, 0.2) is 42.6 Å². The van der Waals surface area contributed by atoms with E-state index in [1.807, 2.05) is 37.4 Å². The number of aryl methyl sites for hydroxylation is 1. The molecule has 2 rings (SSSR count). The molecule has 1 heterocycles. The Hall–Kier alpha value is -1.63. The molecule has 0 saturated heterocycles. The first kappa shape index (κ1) is 7.99. The SMILES string of the molecule is Cc1cc(-c2[c]cccc2)ccn1. The third-order valence-corrected chi connectivity index (χ3v) is 1.92. The van der Waals surface area contributed by atoms with Crippen molar-refractivity contribution in [1.82, 2.24) is 4.98 Å². The highest BCUT2D eigenvalue weighted by Crippen LogP contribution is 2.17. The summed E-state index contributed by atoms with van der Waals surface area (Å²) in [6, 6.07) is 15.2. The first-order valence-corrected chi connectivity index (χ1v) is 4.26. The average molecular weight is 168 g/mol. The molecule has 0 aliphatic carbocycles. The fourth-order valence-corrected chi connectivity index (χ4v) is 1.29. The van der Waals surface area contributed by atoms with Crippen LogP contribution in [0.3, 0.4) is 0 Å². The summed E-state index contributed by atoms with van der Waals surface area (Å²) in [5.74, 6) is 0. The van der Waals surface area contributed by atoms with E-state index >= 15 is 0 Å². The number of hydrogen-bond donors (Lipinski definition) is 0. The minimum atomic E-state index is 1.04. The van der Waals surface area contributed by atoms with Gasteiger partial charge >= 0.3 is 0 Å². The van der Waals surface area contributed by atoms with Crippen LogP contribution in [0.1, 0.15) is 5.69 Å². The predicted molar refractivity (Wildman–Crippen MR) is 53.2 cm³/mol. The summed E-state index contributed by atoms with van der Waals surface area (Å²) in [6.45, 7) is 1.99. The Morgan fingerprint density at radius 1 is 1.23 bits per heavy atom. The maximum Gasteiger partial charge on any atom is 0.0378 e. The summed E-state index contributed by atoms with van der Waals surface area (Å²) in [4.78, 5) is 4.15. The van der Waals surface area contributed by atoms with E-state index in [4.69, 9.17) is 0 Å². The Bertz CT molecular complexity index is 393. The first-order chi connectivity index (χ1) is 6.36. The molecule has 0 aliphatic heterocycles. The molecule has 1 radical (unpaired) electrons. The number of aromatic nitrogens is 1. The summed E-state index contributed by atoms with van der Waals surface area (Å²) in [5, 5.41) is 0. The van der Waals surface area contributed by atoms with E-state index in [-0.39, 0.29) is 0 Å². The van der Waals surface area contributed by atoms with Crippen LogP contribution >= 0.6 is 0 Å². The quantitative estimate of drug-likeness (QED) is 0.638. The number of nitrogens with zero attached hydrogens (tertiary/aromatic N) is 1. The summed E-state index contributed by atoms with van der Waals surface area (Å²) >= 11 is 0. The summed E-state index contributed by atoms with van der Waals surface area (Å²) in [6.07, 6.45) is 1.82. The van der Waals surface area contributed by atoms with Gasteiger partial charge in [0.25, 0.3) is 0 Å². The number of rotatable bonds is 1. The second kappa shape index (κ2) is 3.40. The third kappa shape index (κ3) is 1.75. The predicted octanol–water partition coefficient (Wildman–Crippen LogP) is 2.86. The molecular weight excluding hydrogens is 158 g/mol. The van der Waals surface area contributed by atoms with Gasteiger partial charge in [0.15, 0.2) is 0 Å². The van der Waals surface area contributed by atoms with Crippen LogP contribution in [0, 0.1) is 13.0 Å². The Morgan fingerprint density at radius 2 is 2.15 bits per heavy atom. The van der Waals surface area contributed by atoms with Crippen molar-refractivity contribution in [2.75, 3.05) is 0 Å². The van der Waals surface area contributed by atoms with Crippen molar-refractivity contribution in [3.8, 4) is 11.1 Å². The highest BCUT2D eigenvalue weighted by Gasteiger charge is 1.95. The maximum atomic E-state index is 4.15. The molecule has 0 fully saturated rings. The molecule has 0 atom stereocenters. The number of pyridine rings is 1. The van der Waals surface area contributed by atoms with E-state index in [9.17, 15) is 0 Å². The van der Waals surface area contributed by atoms with Crippen LogP contribution < -0.4 is 0 Å². The van der Waals surface area contributed by atoms with Gasteiger partial charge in [0.05, 0.1) is 0 Å². The molecule has 0 spiro atoms. The molecular formula is C12H10N. The van der Waals surface area contributed by atoms with Crippen molar-refractivity contribution in [2.24, 2.45) is 0 Å². The lowest BCUT2D eigenvalue weighted by Crippen LogP contribution is -1.82. The van der Waals surface area contributed by atoms with E-state index in [2.05, 4.69) is 23.2 Å². The van der Waals surface area contributed by atoms with Crippen molar-refractivity contribution in [2.45, 2.75) is 6.92 Å². The average Bonchev–Trinajstić information content (AvgIpc) is 2.19. The molecule has 1 nitrogen and oxygen atoms in total. The fourth-order valence-electron chi connectivity index (χ4n) is 1.29. The Kier molecular flexibility index (Phi) is 2.09.